The molecule has 0 aliphatic carbocycles. The summed E-state index contributed by atoms with van der Waals surface area (Å²) in [6.45, 7) is 6.74. The van der Waals surface area contributed by atoms with Crippen LogP contribution in [-0.4, -0.2) is 72.6 Å². The molecule has 0 bridgehead atoms. The summed E-state index contributed by atoms with van der Waals surface area (Å²) >= 11 is 0. The lowest BCUT2D eigenvalue weighted by Gasteiger charge is -2.26. The summed E-state index contributed by atoms with van der Waals surface area (Å²) in [4.78, 5) is 31.2. The molecule has 2 fully saturated rings. The number of nitrogens with one attached hydrogen (secondary N) is 2. The third-order valence-electron chi connectivity index (χ3n) is 7.62. The Labute approximate surface area is 215 Å². The Morgan fingerprint density at radius 2 is 1.65 bits per heavy atom. The van der Waals surface area contributed by atoms with Crippen molar-refractivity contribution in [2.24, 2.45) is 0 Å². The van der Waals surface area contributed by atoms with Crippen molar-refractivity contribution in [3.8, 4) is 17.2 Å². The van der Waals surface area contributed by atoms with Crippen LogP contribution in [0.25, 0.3) is 16.6 Å². The van der Waals surface area contributed by atoms with Crippen molar-refractivity contribution >= 4 is 22.5 Å². The molecule has 0 spiro atoms. The van der Waals surface area contributed by atoms with Crippen LogP contribution in [0.2, 0.25) is 0 Å². The molecule has 2 N–H and O–H groups in total. The number of fused-ring (bicyclic) bond motifs is 2. The Kier molecular flexibility index (Phi) is 6.56. The van der Waals surface area contributed by atoms with Crippen LogP contribution in [0.1, 0.15) is 36.0 Å². The second-order valence-electron chi connectivity index (χ2n) is 10.1. The topological polar surface area (TPSA) is 78.8 Å². The highest BCUT2D eigenvalue weighted by molar-refractivity contribution is 6.01. The average molecular weight is 506 g/mol. The van der Waals surface area contributed by atoms with Gasteiger partial charge in [0.1, 0.15) is 16.8 Å². The number of ether oxygens (including phenoxy) is 1. The third kappa shape index (κ3) is 4.57. The number of hydrogen-bond acceptors (Lipinski definition) is 6. The number of anilines is 1. The van der Waals surface area contributed by atoms with Crippen LogP contribution < -0.4 is 20.8 Å². The fourth-order valence-electron chi connectivity index (χ4n) is 5.67. The Morgan fingerprint density at radius 1 is 0.973 bits per heavy atom. The van der Waals surface area contributed by atoms with Gasteiger partial charge in [-0.2, -0.15) is 0 Å². The van der Waals surface area contributed by atoms with Crippen molar-refractivity contribution in [3.05, 3.63) is 58.1 Å². The van der Waals surface area contributed by atoms with Gasteiger partial charge in [-0.3, -0.25) is 9.59 Å². The molecule has 2 aromatic carbocycles. The highest BCUT2D eigenvalue weighted by atomic mass is 19.1. The molecular formula is C28H32FN5O3. The lowest BCUT2D eigenvalue weighted by atomic mass is 10.1. The van der Waals surface area contributed by atoms with E-state index in [9.17, 15) is 9.59 Å². The summed E-state index contributed by atoms with van der Waals surface area (Å²) in [5.74, 6) is -0.214. The maximum absolute atomic E-state index is 15.5. The fraction of sp³-hybridized carbons (Fsp3) is 0.429. The summed E-state index contributed by atoms with van der Waals surface area (Å²) < 4.78 is 23.4. The maximum Gasteiger partial charge on any atom is 0.256 e. The molecule has 4 heterocycles. The number of aromatic nitrogens is 1. The molecule has 1 amide bonds. The average Bonchev–Trinajstić information content (AvgIpc) is 3.62. The smallest absolute Gasteiger partial charge is 0.256 e. The van der Waals surface area contributed by atoms with Crippen molar-refractivity contribution in [1.82, 2.24) is 19.7 Å². The predicted molar refractivity (Wildman–Crippen MR) is 142 cm³/mol. The van der Waals surface area contributed by atoms with Crippen molar-refractivity contribution in [1.29, 1.82) is 0 Å². The van der Waals surface area contributed by atoms with Gasteiger partial charge < -0.3 is 29.7 Å². The van der Waals surface area contributed by atoms with Crippen molar-refractivity contribution in [2.75, 3.05) is 57.7 Å². The van der Waals surface area contributed by atoms with Gasteiger partial charge in [0.15, 0.2) is 17.3 Å². The first kappa shape index (κ1) is 23.9. The fourth-order valence-corrected chi connectivity index (χ4v) is 5.67. The number of likely N-dealkylation sites (tertiary alicyclic amines) is 2. The summed E-state index contributed by atoms with van der Waals surface area (Å²) in [5, 5.41) is 6.22. The van der Waals surface area contributed by atoms with Gasteiger partial charge in [-0.15, -0.1) is 0 Å². The predicted octanol–water partition coefficient (Wildman–Crippen LogP) is 3.57. The lowest BCUT2D eigenvalue weighted by molar-refractivity contribution is 0.0948. The second kappa shape index (κ2) is 10.1. The minimum Gasteiger partial charge on any atom is -0.451 e. The number of para-hydroxylation sites is 2. The van der Waals surface area contributed by atoms with E-state index in [1.54, 1.807) is 16.8 Å². The first-order valence-corrected chi connectivity index (χ1v) is 13.3. The molecule has 0 atom stereocenters. The highest BCUT2D eigenvalue weighted by Gasteiger charge is 2.28. The largest absolute Gasteiger partial charge is 0.451 e. The molecule has 0 unspecified atom stereocenters. The van der Waals surface area contributed by atoms with Gasteiger partial charge in [-0.05, 0) is 70.1 Å². The Morgan fingerprint density at radius 3 is 2.38 bits per heavy atom. The molecule has 37 heavy (non-hydrogen) atoms. The Bertz CT molecular complexity index is 1390. The van der Waals surface area contributed by atoms with Crippen LogP contribution in [-0.2, 0) is 0 Å². The molecule has 3 aliphatic heterocycles. The maximum atomic E-state index is 15.5. The van der Waals surface area contributed by atoms with Crippen LogP contribution in [0, 0.1) is 5.82 Å². The summed E-state index contributed by atoms with van der Waals surface area (Å²) in [7, 11) is 0. The zero-order valence-corrected chi connectivity index (χ0v) is 20.9. The molecule has 3 aliphatic rings. The number of pyridine rings is 1. The molecule has 1 aromatic heterocycles. The molecule has 3 aromatic rings. The van der Waals surface area contributed by atoms with Gasteiger partial charge in [-0.1, -0.05) is 12.1 Å². The van der Waals surface area contributed by atoms with E-state index >= 15 is 4.39 Å². The van der Waals surface area contributed by atoms with E-state index in [2.05, 4.69) is 20.4 Å². The summed E-state index contributed by atoms with van der Waals surface area (Å²) in [6, 6.07) is 8.60. The second-order valence-corrected chi connectivity index (χ2v) is 10.1. The number of hydrogen-bond donors (Lipinski definition) is 2. The summed E-state index contributed by atoms with van der Waals surface area (Å²) in [6.07, 6.45) is 6.29. The van der Waals surface area contributed by atoms with Crippen LogP contribution in [0.5, 0.6) is 11.5 Å². The van der Waals surface area contributed by atoms with Gasteiger partial charge in [0.2, 0.25) is 5.43 Å². The van der Waals surface area contributed by atoms with E-state index in [-0.39, 0.29) is 22.4 Å². The molecule has 9 heteroatoms. The van der Waals surface area contributed by atoms with Crippen LogP contribution >= 0.6 is 0 Å². The van der Waals surface area contributed by atoms with E-state index in [0.29, 0.717) is 30.0 Å². The van der Waals surface area contributed by atoms with Gasteiger partial charge in [0, 0.05) is 32.4 Å². The summed E-state index contributed by atoms with van der Waals surface area (Å²) in [5.41, 5.74) is 0.877. The number of carbonyl (C=O) groups excluding carboxylic acids is 1. The number of amides is 1. The van der Waals surface area contributed by atoms with Crippen LogP contribution in [0.3, 0.4) is 0 Å². The number of rotatable bonds is 8. The van der Waals surface area contributed by atoms with E-state index in [0.717, 1.165) is 39.3 Å². The molecule has 0 saturated carbocycles. The lowest BCUT2D eigenvalue weighted by Crippen LogP contribution is -2.36. The van der Waals surface area contributed by atoms with Gasteiger partial charge in [0.25, 0.3) is 5.91 Å². The highest BCUT2D eigenvalue weighted by Crippen LogP contribution is 2.44. The Balaban J connectivity index is 1.36. The van der Waals surface area contributed by atoms with E-state index in [1.807, 2.05) is 18.2 Å². The monoisotopic (exact) mass is 505 g/mol. The molecule has 194 valence electrons. The first-order valence-electron chi connectivity index (χ1n) is 13.3. The number of nitrogens with zero attached hydrogens (tertiary/aromatic N) is 3. The quantitative estimate of drug-likeness (QED) is 0.381. The van der Waals surface area contributed by atoms with E-state index in [4.69, 9.17) is 4.74 Å². The zero-order chi connectivity index (χ0) is 25.4. The molecule has 2 saturated heterocycles. The van der Waals surface area contributed by atoms with Crippen LogP contribution in [0.15, 0.2) is 41.3 Å². The van der Waals surface area contributed by atoms with Gasteiger partial charge >= 0.3 is 0 Å². The normalized spacial score (nSPS) is 17.1. The first-order chi connectivity index (χ1) is 18.1. The number of carbonyl (C=O) groups is 1. The van der Waals surface area contributed by atoms with E-state index in [1.165, 1.54) is 31.7 Å². The standard InChI is InChI=1S/C28H32FN5O3/c29-21-17-19-25-27(24(21)30-9-15-32-11-3-4-12-32)37-23-8-2-1-7-22(23)34(25)18-20(26(19)35)28(36)31-10-16-33-13-5-6-14-33/h1-2,7-8,17-18,30H,3-6,9-16H2,(H,31,36). The third-order valence-corrected chi connectivity index (χ3v) is 7.62. The number of halogens is 1. The van der Waals surface area contributed by atoms with Crippen molar-refractivity contribution < 1.29 is 13.9 Å². The molecular weight excluding hydrogens is 473 g/mol. The molecule has 6 rings (SSSR count). The Hall–Kier alpha value is -3.43. The van der Waals surface area contributed by atoms with Crippen molar-refractivity contribution in [3.63, 3.8) is 0 Å². The number of benzene rings is 2. The minimum atomic E-state index is -0.571. The molecule has 0 radical (unpaired) electrons. The zero-order valence-electron chi connectivity index (χ0n) is 20.9. The minimum absolute atomic E-state index is 0.00859. The van der Waals surface area contributed by atoms with Gasteiger partial charge in [-0.25, -0.2) is 4.39 Å². The SMILES string of the molecule is O=C(NCCN1CCCC1)c1cn2c3c(c(NCCN4CCCC4)c(F)cc3c1=O)Oc1ccccc1-2. The molecule has 8 nitrogen and oxygen atoms in total. The van der Waals surface area contributed by atoms with E-state index < -0.39 is 17.2 Å². The van der Waals surface area contributed by atoms with Crippen LogP contribution in [0.4, 0.5) is 10.1 Å². The van der Waals surface area contributed by atoms with Crippen molar-refractivity contribution in [2.45, 2.75) is 25.7 Å². The van der Waals surface area contributed by atoms with Gasteiger partial charge in [0.05, 0.1) is 11.1 Å².